The van der Waals surface area contributed by atoms with E-state index in [1.54, 1.807) is 4.90 Å². The monoisotopic (exact) mass is 212 g/mol. The molecule has 0 saturated carbocycles. The fourth-order valence-corrected chi connectivity index (χ4v) is 1.80. The zero-order chi connectivity index (χ0) is 10.3. The van der Waals surface area contributed by atoms with Crippen molar-refractivity contribution < 1.29 is 10.2 Å². The minimum atomic E-state index is -0.467. The Bertz CT molecular complexity index is 482. The van der Waals surface area contributed by atoms with E-state index in [1.807, 2.05) is 14.1 Å². The van der Waals surface area contributed by atoms with E-state index in [2.05, 4.69) is 15.0 Å². The van der Waals surface area contributed by atoms with E-state index in [4.69, 9.17) is 5.11 Å². The lowest BCUT2D eigenvalue weighted by molar-refractivity contribution is 0.403. The van der Waals surface area contributed by atoms with Crippen LogP contribution < -0.4 is 4.90 Å². The van der Waals surface area contributed by atoms with E-state index in [0.717, 1.165) is 0 Å². The smallest absolute Gasteiger partial charge is 0.319 e. The number of aromatic nitrogens is 3. The van der Waals surface area contributed by atoms with Gasteiger partial charge in [-0.15, -0.1) is 0 Å². The SMILES string of the molecule is CN(C)c1nc2nc(O)nc(O)c2s1. The Hall–Kier alpha value is -1.63. The van der Waals surface area contributed by atoms with Crippen molar-refractivity contribution in [1.29, 1.82) is 0 Å². The van der Waals surface area contributed by atoms with Gasteiger partial charge in [-0.3, -0.25) is 0 Å². The number of hydrogen-bond donors (Lipinski definition) is 2. The molecule has 0 aliphatic rings. The van der Waals surface area contributed by atoms with Crippen molar-refractivity contribution in [3.63, 3.8) is 0 Å². The Labute approximate surface area is 83.5 Å². The molecule has 0 aliphatic heterocycles. The summed E-state index contributed by atoms with van der Waals surface area (Å²) < 4.78 is 0.478. The molecule has 0 bridgehead atoms. The molecule has 0 atom stereocenters. The van der Waals surface area contributed by atoms with Gasteiger partial charge in [0.25, 0.3) is 0 Å². The van der Waals surface area contributed by atoms with Crippen LogP contribution in [0, 0.1) is 0 Å². The number of aromatic hydroxyl groups is 2. The Morgan fingerprint density at radius 1 is 1.14 bits per heavy atom. The van der Waals surface area contributed by atoms with E-state index in [0.29, 0.717) is 15.5 Å². The first-order chi connectivity index (χ1) is 6.58. The van der Waals surface area contributed by atoms with Crippen molar-refractivity contribution in [3.8, 4) is 11.9 Å². The quantitative estimate of drug-likeness (QED) is 0.718. The first-order valence-corrected chi connectivity index (χ1v) is 4.63. The minimum Gasteiger partial charge on any atom is -0.492 e. The van der Waals surface area contributed by atoms with Crippen LogP contribution in [0.25, 0.3) is 10.3 Å². The molecule has 2 rings (SSSR count). The van der Waals surface area contributed by atoms with Crippen LogP contribution in [0.2, 0.25) is 0 Å². The highest BCUT2D eigenvalue weighted by atomic mass is 32.1. The second-order valence-corrected chi connectivity index (χ2v) is 3.87. The van der Waals surface area contributed by atoms with Gasteiger partial charge in [-0.25, -0.2) is 0 Å². The molecule has 2 N–H and O–H groups in total. The summed E-state index contributed by atoms with van der Waals surface area (Å²) in [6.07, 6.45) is 0. The molecule has 2 heterocycles. The summed E-state index contributed by atoms with van der Waals surface area (Å²) in [7, 11) is 3.67. The molecule has 7 heteroatoms. The lowest BCUT2D eigenvalue weighted by Gasteiger charge is -2.04. The predicted octanol–water partition coefficient (Wildman–Crippen LogP) is 0.563. The molecule has 6 nitrogen and oxygen atoms in total. The molecule has 14 heavy (non-hydrogen) atoms. The zero-order valence-electron chi connectivity index (χ0n) is 7.59. The molecule has 0 unspecified atom stereocenters. The van der Waals surface area contributed by atoms with Crippen LogP contribution in [0.1, 0.15) is 0 Å². The number of anilines is 1. The molecule has 0 amide bonds. The van der Waals surface area contributed by atoms with Gasteiger partial charge in [0.1, 0.15) is 4.70 Å². The van der Waals surface area contributed by atoms with Gasteiger partial charge in [-0.05, 0) is 0 Å². The Morgan fingerprint density at radius 2 is 1.86 bits per heavy atom. The highest BCUT2D eigenvalue weighted by Crippen LogP contribution is 2.32. The molecule has 0 aliphatic carbocycles. The maximum absolute atomic E-state index is 9.39. The van der Waals surface area contributed by atoms with Crippen molar-refractivity contribution in [1.82, 2.24) is 15.0 Å². The Balaban J connectivity index is 2.70. The average Bonchev–Trinajstić information content (AvgIpc) is 2.47. The van der Waals surface area contributed by atoms with Crippen molar-refractivity contribution in [2.45, 2.75) is 0 Å². The molecule has 74 valence electrons. The van der Waals surface area contributed by atoms with E-state index >= 15 is 0 Å². The van der Waals surface area contributed by atoms with Crippen LogP contribution in [0.15, 0.2) is 0 Å². The fraction of sp³-hybridized carbons (Fsp3) is 0.286. The molecule has 0 spiro atoms. The van der Waals surface area contributed by atoms with Crippen LogP contribution in [0.5, 0.6) is 11.9 Å². The second-order valence-electron chi connectivity index (χ2n) is 2.89. The van der Waals surface area contributed by atoms with Gasteiger partial charge in [0.2, 0.25) is 5.88 Å². The van der Waals surface area contributed by atoms with Crippen LogP contribution in [0.4, 0.5) is 5.13 Å². The summed E-state index contributed by atoms with van der Waals surface area (Å²) in [6, 6.07) is -0.467. The second kappa shape index (κ2) is 2.95. The number of fused-ring (bicyclic) bond motifs is 1. The van der Waals surface area contributed by atoms with Gasteiger partial charge < -0.3 is 15.1 Å². The number of thiazole rings is 1. The Morgan fingerprint density at radius 3 is 2.50 bits per heavy atom. The normalized spacial score (nSPS) is 10.7. The third kappa shape index (κ3) is 1.31. The standard InChI is InChI=1S/C7H8N4O2S/c1-11(2)7-9-4-3(14-7)5(12)10-6(13)8-4/h1-2H3,(H2,8,10,12,13). The predicted molar refractivity (Wildman–Crippen MR) is 52.9 cm³/mol. The highest BCUT2D eigenvalue weighted by Gasteiger charge is 2.12. The lowest BCUT2D eigenvalue weighted by atomic mass is 10.6. The van der Waals surface area contributed by atoms with Gasteiger partial charge >= 0.3 is 6.01 Å². The summed E-state index contributed by atoms with van der Waals surface area (Å²) in [5.74, 6) is -0.238. The molecule has 2 aromatic heterocycles. The molecular formula is C7H8N4O2S. The number of nitrogens with zero attached hydrogens (tertiary/aromatic N) is 4. The minimum absolute atomic E-state index is 0.238. The van der Waals surface area contributed by atoms with Crippen LogP contribution in [-0.2, 0) is 0 Å². The largest absolute Gasteiger partial charge is 0.492 e. The molecular weight excluding hydrogens is 204 g/mol. The molecule has 0 aromatic carbocycles. The Kier molecular flexibility index (Phi) is 1.88. The summed E-state index contributed by atoms with van der Waals surface area (Å²) >= 11 is 1.27. The van der Waals surface area contributed by atoms with Crippen LogP contribution in [0.3, 0.4) is 0 Å². The maximum atomic E-state index is 9.39. The zero-order valence-corrected chi connectivity index (χ0v) is 8.41. The summed E-state index contributed by atoms with van der Waals surface area (Å²) in [4.78, 5) is 13.0. The van der Waals surface area contributed by atoms with E-state index in [-0.39, 0.29) is 5.88 Å². The number of rotatable bonds is 1. The van der Waals surface area contributed by atoms with Gasteiger partial charge in [0, 0.05) is 14.1 Å². The fourth-order valence-electron chi connectivity index (χ4n) is 0.979. The third-order valence-electron chi connectivity index (χ3n) is 1.60. The summed E-state index contributed by atoms with van der Waals surface area (Å²) in [5.41, 5.74) is 0.309. The van der Waals surface area contributed by atoms with Gasteiger partial charge in [0.15, 0.2) is 10.8 Å². The van der Waals surface area contributed by atoms with Gasteiger partial charge in [0.05, 0.1) is 0 Å². The first-order valence-electron chi connectivity index (χ1n) is 3.82. The lowest BCUT2D eigenvalue weighted by Crippen LogP contribution is -2.07. The van der Waals surface area contributed by atoms with Crippen molar-refractivity contribution in [2.75, 3.05) is 19.0 Å². The third-order valence-corrected chi connectivity index (χ3v) is 2.80. The molecule has 0 radical (unpaired) electrons. The van der Waals surface area contributed by atoms with E-state index < -0.39 is 6.01 Å². The van der Waals surface area contributed by atoms with E-state index in [1.165, 1.54) is 11.3 Å². The summed E-state index contributed by atoms with van der Waals surface area (Å²) in [6.45, 7) is 0. The van der Waals surface area contributed by atoms with Gasteiger partial charge in [-0.2, -0.15) is 15.0 Å². The molecule has 0 saturated heterocycles. The highest BCUT2D eigenvalue weighted by molar-refractivity contribution is 7.22. The molecule has 2 aromatic rings. The van der Waals surface area contributed by atoms with Crippen molar-refractivity contribution in [2.24, 2.45) is 0 Å². The van der Waals surface area contributed by atoms with Gasteiger partial charge in [-0.1, -0.05) is 11.3 Å². The number of hydrogen-bond acceptors (Lipinski definition) is 7. The first kappa shape index (κ1) is 8.95. The summed E-state index contributed by atoms with van der Waals surface area (Å²) in [5, 5.41) is 19.1. The van der Waals surface area contributed by atoms with E-state index in [9.17, 15) is 5.11 Å². The van der Waals surface area contributed by atoms with Crippen LogP contribution in [-0.4, -0.2) is 39.3 Å². The van der Waals surface area contributed by atoms with Crippen molar-refractivity contribution >= 4 is 26.8 Å². The molecule has 0 fully saturated rings. The topological polar surface area (TPSA) is 82.4 Å². The average molecular weight is 212 g/mol. The van der Waals surface area contributed by atoms with Crippen LogP contribution >= 0.6 is 11.3 Å². The maximum Gasteiger partial charge on any atom is 0.319 e. The van der Waals surface area contributed by atoms with Crippen molar-refractivity contribution in [3.05, 3.63) is 0 Å².